The van der Waals surface area contributed by atoms with E-state index in [1.165, 1.54) is 15.7 Å². The molecule has 0 fully saturated rings. The molecule has 1 aliphatic heterocycles. The molecule has 0 aliphatic carbocycles. The number of likely N-dealkylation sites (N-methyl/N-ethyl adjacent to an activating group) is 1. The Labute approximate surface area is 236 Å². The third-order valence-corrected chi connectivity index (χ3v) is 7.80. The number of carbonyl (C=O) groups is 2. The van der Waals surface area contributed by atoms with Gasteiger partial charge in [0.15, 0.2) is 5.57 Å². The van der Waals surface area contributed by atoms with Gasteiger partial charge >= 0.3 is 0 Å². The number of hydrogen-bond acceptors (Lipinski definition) is 7. The highest BCUT2D eigenvalue weighted by Gasteiger charge is 2.20. The number of benzene rings is 2. The molecule has 2 heterocycles. The number of nitriles is 1. The van der Waals surface area contributed by atoms with Crippen LogP contribution in [0, 0.1) is 23.7 Å². The van der Waals surface area contributed by atoms with E-state index in [1.807, 2.05) is 42.5 Å². The summed E-state index contributed by atoms with van der Waals surface area (Å²) >= 11 is 1.04. The molecule has 2 amide bonds. The number of thiazole rings is 1. The quantitative estimate of drug-likeness (QED) is 0.406. The molecule has 0 saturated heterocycles. The van der Waals surface area contributed by atoms with Crippen molar-refractivity contribution in [3.05, 3.63) is 79.2 Å². The number of amides is 2. The highest BCUT2D eigenvalue weighted by molar-refractivity contribution is 7.07. The van der Waals surface area contributed by atoms with Crippen LogP contribution in [-0.2, 0) is 29.1 Å². The molecule has 40 heavy (non-hydrogen) atoms. The van der Waals surface area contributed by atoms with Gasteiger partial charge in [-0.2, -0.15) is 5.26 Å². The third kappa shape index (κ3) is 6.32. The molecule has 0 radical (unpaired) electrons. The van der Waals surface area contributed by atoms with Gasteiger partial charge < -0.3 is 15.5 Å². The number of nitrogens with zero attached hydrogens (tertiary/aromatic N) is 4. The SMILES string of the molecule is C#CCNC(=O)/C(C#N)=c1\s/c(=C/Nc2cccc(N(C)C(=O)CN3CCc4ccccc4C3)c2)c(=O)n1CC. The lowest BCUT2D eigenvalue weighted by Crippen LogP contribution is -2.40. The van der Waals surface area contributed by atoms with Crippen molar-refractivity contribution in [3.8, 4) is 18.4 Å². The van der Waals surface area contributed by atoms with E-state index in [1.54, 1.807) is 25.1 Å². The van der Waals surface area contributed by atoms with Crippen LogP contribution in [0.5, 0.6) is 0 Å². The van der Waals surface area contributed by atoms with Crippen LogP contribution in [0.3, 0.4) is 0 Å². The first-order valence-electron chi connectivity index (χ1n) is 12.8. The van der Waals surface area contributed by atoms with Crippen molar-refractivity contribution in [1.29, 1.82) is 5.26 Å². The van der Waals surface area contributed by atoms with Crippen molar-refractivity contribution in [2.24, 2.45) is 0 Å². The molecule has 0 atom stereocenters. The monoisotopic (exact) mass is 554 g/mol. The summed E-state index contributed by atoms with van der Waals surface area (Å²) in [5, 5.41) is 15.2. The summed E-state index contributed by atoms with van der Waals surface area (Å²) in [6.45, 7) is 3.93. The standard InChI is InChI=1S/C30H30N6O3S/c1-4-14-32-28(38)25(17-31)30-36(5-2)29(39)26(40-30)18-33-23-11-8-12-24(16-23)34(3)27(37)20-35-15-13-21-9-6-7-10-22(21)19-35/h1,6-12,16,18,33H,5,13-15,19-20H2,2-3H3,(H,32,38)/b26-18+,30-25-. The van der Waals surface area contributed by atoms with E-state index in [-0.39, 0.29) is 34.8 Å². The number of anilines is 2. The van der Waals surface area contributed by atoms with E-state index in [0.717, 1.165) is 30.8 Å². The van der Waals surface area contributed by atoms with E-state index in [2.05, 4.69) is 33.6 Å². The molecule has 1 aromatic heterocycles. The van der Waals surface area contributed by atoms with Gasteiger partial charge in [0.25, 0.3) is 11.5 Å². The van der Waals surface area contributed by atoms with Crippen molar-refractivity contribution in [2.75, 3.05) is 36.9 Å². The second kappa shape index (κ2) is 12.9. The molecule has 0 bridgehead atoms. The van der Waals surface area contributed by atoms with Gasteiger partial charge in [-0.3, -0.25) is 23.9 Å². The number of nitrogens with one attached hydrogen (secondary N) is 2. The smallest absolute Gasteiger partial charge is 0.270 e. The minimum absolute atomic E-state index is 0.0167. The van der Waals surface area contributed by atoms with Crippen LogP contribution in [0.1, 0.15) is 18.1 Å². The molecule has 9 nitrogen and oxygen atoms in total. The zero-order valence-corrected chi connectivity index (χ0v) is 23.3. The van der Waals surface area contributed by atoms with E-state index >= 15 is 0 Å². The predicted octanol–water partition coefficient (Wildman–Crippen LogP) is 1.22. The summed E-state index contributed by atoms with van der Waals surface area (Å²) in [4.78, 5) is 42.3. The fraction of sp³-hybridized carbons (Fsp3) is 0.267. The Kier molecular flexibility index (Phi) is 9.18. The van der Waals surface area contributed by atoms with Gasteiger partial charge in [0.05, 0.1) is 13.1 Å². The first-order chi connectivity index (χ1) is 19.4. The lowest BCUT2D eigenvalue weighted by molar-refractivity contribution is -0.119. The lowest BCUT2D eigenvalue weighted by atomic mass is 10.00. The van der Waals surface area contributed by atoms with Crippen molar-refractivity contribution < 1.29 is 9.59 Å². The number of terminal acetylenes is 1. The zero-order chi connectivity index (χ0) is 28.6. The number of rotatable bonds is 8. The van der Waals surface area contributed by atoms with E-state index in [0.29, 0.717) is 22.5 Å². The van der Waals surface area contributed by atoms with Gasteiger partial charge in [-0.05, 0) is 42.7 Å². The van der Waals surface area contributed by atoms with Gasteiger partial charge in [0.2, 0.25) is 5.91 Å². The maximum atomic E-state index is 13.1. The number of aromatic nitrogens is 1. The summed E-state index contributed by atoms with van der Waals surface area (Å²) in [5.74, 6) is 1.65. The summed E-state index contributed by atoms with van der Waals surface area (Å²) in [6, 6.07) is 17.6. The fourth-order valence-electron chi connectivity index (χ4n) is 4.49. The first kappa shape index (κ1) is 28.4. The highest BCUT2D eigenvalue weighted by atomic mass is 32.1. The summed E-state index contributed by atoms with van der Waals surface area (Å²) in [6.07, 6.45) is 7.66. The molecule has 204 valence electrons. The topological polar surface area (TPSA) is 110 Å². The molecule has 0 spiro atoms. The zero-order valence-electron chi connectivity index (χ0n) is 22.4. The summed E-state index contributed by atoms with van der Waals surface area (Å²) in [5.41, 5.74) is 3.50. The Morgan fingerprint density at radius 1 is 1.20 bits per heavy atom. The van der Waals surface area contributed by atoms with Crippen LogP contribution in [0.2, 0.25) is 0 Å². The van der Waals surface area contributed by atoms with Gasteiger partial charge in [-0.1, -0.05) is 36.3 Å². The van der Waals surface area contributed by atoms with E-state index in [4.69, 9.17) is 6.42 Å². The molecular weight excluding hydrogens is 524 g/mol. The second-order valence-electron chi connectivity index (χ2n) is 9.22. The number of hydrogen-bond donors (Lipinski definition) is 2. The van der Waals surface area contributed by atoms with Crippen LogP contribution in [0.4, 0.5) is 11.4 Å². The van der Waals surface area contributed by atoms with E-state index < -0.39 is 5.91 Å². The van der Waals surface area contributed by atoms with E-state index in [9.17, 15) is 19.6 Å². The Bertz CT molecular complexity index is 1690. The molecule has 4 rings (SSSR count). The lowest BCUT2D eigenvalue weighted by Gasteiger charge is -2.29. The van der Waals surface area contributed by atoms with Crippen molar-refractivity contribution >= 4 is 46.3 Å². The molecule has 1 aliphatic rings. The van der Waals surface area contributed by atoms with Crippen molar-refractivity contribution in [2.45, 2.75) is 26.4 Å². The van der Waals surface area contributed by atoms with Gasteiger partial charge in [0, 0.05) is 44.3 Å². The molecule has 3 aromatic rings. The van der Waals surface area contributed by atoms with Crippen molar-refractivity contribution in [1.82, 2.24) is 14.8 Å². The Balaban J connectivity index is 1.51. The molecule has 2 aromatic carbocycles. The average Bonchev–Trinajstić information content (AvgIpc) is 3.29. The summed E-state index contributed by atoms with van der Waals surface area (Å²) in [7, 11) is 1.75. The largest absolute Gasteiger partial charge is 0.360 e. The molecule has 0 saturated carbocycles. The second-order valence-corrected chi connectivity index (χ2v) is 10.2. The Morgan fingerprint density at radius 3 is 2.70 bits per heavy atom. The Hall–Kier alpha value is -4.64. The van der Waals surface area contributed by atoms with Crippen LogP contribution in [0.25, 0.3) is 11.8 Å². The average molecular weight is 555 g/mol. The molecule has 0 unspecified atom stereocenters. The predicted molar refractivity (Wildman–Crippen MR) is 158 cm³/mol. The number of fused-ring (bicyclic) bond motifs is 1. The van der Waals surface area contributed by atoms with Crippen LogP contribution in [-0.4, -0.2) is 48.0 Å². The first-order valence-corrected chi connectivity index (χ1v) is 13.7. The Morgan fingerprint density at radius 2 is 1.98 bits per heavy atom. The van der Waals surface area contributed by atoms with Crippen LogP contribution >= 0.6 is 11.3 Å². The molecule has 2 N–H and O–H groups in total. The minimum atomic E-state index is -0.627. The third-order valence-electron chi connectivity index (χ3n) is 6.67. The van der Waals surface area contributed by atoms with Crippen LogP contribution in [0.15, 0.2) is 53.3 Å². The van der Waals surface area contributed by atoms with Crippen LogP contribution < -0.4 is 30.3 Å². The van der Waals surface area contributed by atoms with Gasteiger partial charge in [0.1, 0.15) is 15.3 Å². The summed E-state index contributed by atoms with van der Waals surface area (Å²) < 4.78 is 1.97. The number of carbonyl (C=O) groups excluding carboxylic acids is 2. The maximum absolute atomic E-state index is 13.1. The fourth-order valence-corrected chi connectivity index (χ4v) is 5.58. The molecular formula is C30H30N6O3S. The minimum Gasteiger partial charge on any atom is -0.360 e. The molecule has 10 heteroatoms. The highest BCUT2D eigenvalue weighted by Crippen LogP contribution is 2.21. The van der Waals surface area contributed by atoms with Gasteiger partial charge in [-0.25, -0.2) is 0 Å². The maximum Gasteiger partial charge on any atom is 0.270 e. The normalized spacial score (nSPS) is 13.9. The van der Waals surface area contributed by atoms with Crippen molar-refractivity contribution in [3.63, 3.8) is 0 Å². The van der Waals surface area contributed by atoms with Gasteiger partial charge in [-0.15, -0.1) is 17.8 Å².